The van der Waals surface area contributed by atoms with E-state index in [1.54, 1.807) is 12.3 Å². The van der Waals surface area contributed by atoms with E-state index in [1.807, 2.05) is 42.1 Å². The summed E-state index contributed by atoms with van der Waals surface area (Å²) >= 11 is 3.10. The number of aryl methyl sites for hydroxylation is 1. The minimum absolute atomic E-state index is 0.140. The molecule has 1 atom stereocenters. The number of thiazole rings is 1. The van der Waals surface area contributed by atoms with Gasteiger partial charge in [-0.15, -0.1) is 11.3 Å². The fourth-order valence-electron chi connectivity index (χ4n) is 3.90. The topological polar surface area (TPSA) is 93.2 Å². The van der Waals surface area contributed by atoms with Gasteiger partial charge in [-0.25, -0.2) is 9.78 Å². The number of carbonyl (C=O) groups excluding carboxylic acids is 2. The number of nitriles is 1. The number of rotatable bonds is 8. The molecule has 0 unspecified atom stereocenters. The molecule has 32 heavy (non-hydrogen) atoms. The van der Waals surface area contributed by atoms with Gasteiger partial charge in [-0.2, -0.15) is 17.0 Å². The van der Waals surface area contributed by atoms with Gasteiger partial charge in [0.1, 0.15) is 10.6 Å². The van der Waals surface area contributed by atoms with E-state index in [0.717, 1.165) is 16.6 Å². The molecule has 1 aliphatic carbocycles. The van der Waals surface area contributed by atoms with Crippen LogP contribution in [0.1, 0.15) is 64.8 Å². The van der Waals surface area contributed by atoms with Crippen LogP contribution < -0.4 is 0 Å². The molecule has 0 amide bonds. The Morgan fingerprint density at radius 1 is 1.31 bits per heavy atom. The van der Waals surface area contributed by atoms with Crippen LogP contribution >= 0.6 is 23.1 Å². The average Bonchev–Trinajstić information content (AvgIpc) is 3.41. The number of fused-ring (bicyclic) bond motifs is 1. The molecule has 1 aromatic carbocycles. The van der Waals surface area contributed by atoms with Crippen LogP contribution in [0.25, 0.3) is 11.0 Å². The highest BCUT2D eigenvalue weighted by Crippen LogP contribution is 2.35. The van der Waals surface area contributed by atoms with Crippen LogP contribution in [0, 0.1) is 18.3 Å². The van der Waals surface area contributed by atoms with Crippen LogP contribution in [-0.2, 0) is 15.3 Å². The highest BCUT2D eigenvalue weighted by molar-refractivity contribution is 7.99. The lowest BCUT2D eigenvalue weighted by atomic mass is 10.0. The Labute approximate surface area is 195 Å². The van der Waals surface area contributed by atoms with E-state index in [1.165, 1.54) is 43.4 Å². The first kappa shape index (κ1) is 22.6. The van der Waals surface area contributed by atoms with Crippen molar-refractivity contribution in [1.29, 1.82) is 5.26 Å². The Bertz CT molecular complexity index is 1150. The molecule has 1 saturated carbocycles. The van der Waals surface area contributed by atoms with Crippen molar-refractivity contribution in [3.8, 4) is 6.07 Å². The first-order valence-electron chi connectivity index (χ1n) is 10.7. The van der Waals surface area contributed by atoms with Crippen molar-refractivity contribution >= 4 is 45.8 Å². The van der Waals surface area contributed by atoms with Gasteiger partial charge in [-0.05, 0) is 25.8 Å². The Morgan fingerprint density at radius 2 is 2.09 bits per heavy atom. The predicted octanol–water partition coefficient (Wildman–Crippen LogP) is 5.80. The van der Waals surface area contributed by atoms with Crippen LogP contribution in [0.4, 0.5) is 0 Å². The third-order valence-corrected chi connectivity index (χ3v) is 8.01. The summed E-state index contributed by atoms with van der Waals surface area (Å²) < 4.78 is 11.1. The number of Topliss-reactive ketones (excluding diaryl/α,β-unsaturated/α-hetero) is 1. The van der Waals surface area contributed by atoms with Crippen LogP contribution in [-0.4, -0.2) is 28.6 Å². The van der Waals surface area contributed by atoms with Crippen molar-refractivity contribution in [2.45, 2.75) is 55.9 Å². The molecule has 2 aromatic heterocycles. The van der Waals surface area contributed by atoms with Gasteiger partial charge in [0.2, 0.25) is 5.76 Å². The van der Waals surface area contributed by atoms with Crippen LogP contribution in [0.2, 0.25) is 0 Å². The fraction of sp³-hybridized carbons (Fsp3) is 0.417. The molecule has 0 spiro atoms. The molecule has 0 radical (unpaired) electrons. The van der Waals surface area contributed by atoms with Crippen LogP contribution in [0.15, 0.2) is 34.1 Å². The number of carbonyl (C=O) groups is 2. The zero-order valence-electron chi connectivity index (χ0n) is 17.8. The van der Waals surface area contributed by atoms with Gasteiger partial charge in [0.15, 0.2) is 18.3 Å². The first-order valence-corrected chi connectivity index (χ1v) is 12.6. The van der Waals surface area contributed by atoms with Gasteiger partial charge >= 0.3 is 5.97 Å². The maximum absolute atomic E-state index is 12.9. The van der Waals surface area contributed by atoms with Gasteiger partial charge in [0, 0.05) is 33.0 Å². The normalized spacial score (nSPS) is 15.4. The summed E-state index contributed by atoms with van der Waals surface area (Å²) in [6.07, 6.45) is 6.18. The lowest BCUT2D eigenvalue weighted by Crippen LogP contribution is -2.20. The number of para-hydroxylation sites is 1. The molecule has 0 aliphatic heterocycles. The summed E-state index contributed by atoms with van der Waals surface area (Å²) in [4.78, 5) is 29.6. The number of furan rings is 1. The fourth-order valence-corrected chi connectivity index (χ4v) is 6.11. The number of thioether (sulfide) groups is 1. The molecule has 3 aromatic rings. The van der Waals surface area contributed by atoms with E-state index < -0.39 is 24.3 Å². The zero-order valence-corrected chi connectivity index (χ0v) is 19.5. The van der Waals surface area contributed by atoms with Crippen molar-refractivity contribution in [3.63, 3.8) is 0 Å². The summed E-state index contributed by atoms with van der Waals surface area (Å²) in [6.45, 7) is 1.30. The van der Waals surface area contributed by atoms with Gasteiger partial charge in [-0.3, -0.25) is 4.79 Å². The average molecular weight is 469 g/mol. The SMILES string of the molecule is Cc1csc([C@@H](C#N)C(=O)COC(=O)c2oc3ccccc3c2CSC2CCCCC2)n1. The number of esters is 1. The number of aromatic nitrogens is 1. The van der Waals surface area contributed by atoms with E-state index in [4.69, 9.17) is 9.15 Å². The molecule has 0 saturated heterocycles. The predicted molar refractivity (Wildman–Crippen MR) is 125 cm³/mol. The summed E-state index contributed by atoms with van der Waals surface area (Å²) in [5.41, 5.74) is 2.18. The molecule has 4 rings (SSSR count). The number of hydrogen-bond acceptors (Lipinski definition) is 8. The highest BCUT2D eigenvalue weighted by atomic mass is 32.2. The van der Waals surface area contributed by atoms with Gasteiger partial charge in [-0.1, -0.05) is 37.5 Å². The molecule has 166 valence electrons. The smallest absolute Gasteiger partial charge is 0.375 e. The molecule has 8 heteroatoms. The van der Waals surface area contributed by atoms with Crippen molar-refractivity contribution in [3.05, 3.63) is 51.7 Å². The van der Waals surface area contributed by atoms with Crippen molar-refractivity contribution in [1.82, 2.24) is 4.98 Å². The third-order valence-electron chi connectivity index (χ3n) is 5.58. The second kappa shape index (κ2) is 10.3. The summed E-state index contributed by atoms with van der Waals surface area (Å²) in [5.74, 6) is -1.43. The number of ketones is 1. The molecule has 2 heterocycles. The largest absolute Gasteiger partial charge is 0.452 e. The molecule has 0 bridgehead atoms. The number of benzene rings is 1. The van der Waals surface area contributed by atoms with E-state index in [-0.39, 0.29) is 5.76 Å². The molecule has 6 nitrogen and oxygen atoms in total. The molecular formula is C24H24N2O4S2. The summed E-state index contributed by atoms with van der Waals surface area (Å²) in [7, 11) is 0. The first-order chi connectivity index (χ1) is 15.6. The standard InChI is InChI=1S/C24H24N2O4S2/c1-15-13-32-23(26-15)18(11-25)20(27)12-29-24(28)22-19(14-31-16-7-3-2-4-8-16)17-9-5-6-10-21(17)30-22/h5-6,9-10,13,16,18H,2-4,7-8,12,14H2,1H3/t18-/m0/s1. The van der Waals surface area contributed by atoms with Gasteiger partial charge in [0.25, 0.3) is 0 Å². The minimum Gasteiger partial charge on any atom is -0.452 e. The maximum atomic E-state index is 12.9. The van der Waals surface area contributed by atoms with Crippen LogP contribution in [0.5, 0.6) is 0 Å². The summed E-state index contributed by atoms with van der Waals surface area (Å²) in [5, 5.41) is 13.1. The minimum atomic E-state index is -1.04. The van der Waals surface area contributed by atoms with E-state index >= 15 is 0 Å². The lowest BCUT2D eigenvalue weighted by molar-refractivity contribution is -0.122. The number of ether oxygens (including phenoxy) is 1. The van der Waals surface area contributed by atoms with Crippen molar-refractivity contribution in [2.75, 3.05) is 6.61 Å². The molecule has 1 fully saturated rings. The second-order valence-electron chi connectivity index (χ2n) is 7.91. The van der Waals surface area contributed by atoms with E-state index in [2.05, 4.69) is 4.98 Å². The number of hydrogen-bond donors (Lipinski definition) is 0. The Kier molecular flexibility index (Phi) is 7.28. The number of nitrogens with zero attached hydrogens (tertiary/aromatic N) is 2. The quantitative estimate of drug-likeness (QED) is 0.386. The van der Waals surface area contributed by atoms with Crippen molar-refractivity contribution in [2.24, 2.45) is 0 Å². The Balaban J connectivity index is 1.47. The third kappa shape index (κ3) is 5.05. The molecule has 0 N–H and O–H groups in total. The summed E-state index contributed by atoms with van der Waals surface area (Å²) in [6, 6.07) is 9.50. The van der Waals surface area contributed by atoms with Gasteiger partial charge in [0.05, 0.1) is 6.07 Å². The Hall–Kier alpha value is -2.63. The monoisotopic (exact) mass is 468 g/mol. The van der Waals surface area contributed by atoms with E-state index in [9.17, 15) is 14.9 Å². The Morgan fingerprint density at radius 3 is 2.81 bits per heavy atom. The van der Waals surface area contributed by atoms with Crippen molar-refractivity contribution < 1.29 is 18.7 Å². The zero-order chi connectivity index (χ0) is 22.5. The highest BCUT2D eigenvalue weighted by Gasteiger charge is 2.27. The molecule has 1 aliphatic rings. The second-order valence-corrected chi connectivity index (χ2v) is 10.1. The lowest BCUT2D eigenvalue weighted by Gasteiger charge is -2.20. The van der Waals surface area contributed by atoms with Gasteiger partial charge < -0.3 is 9.15 Å². The van der Waals surface area contributed by atoms with Crippen LogP contribution in [0.3, 0.4) is 0 Å². The molecular weight excluding hydrogens is 444 g/mol. The maximum Gasteiger partial charge on any atom is 0.375 e. The van der Waals surface area contributed by atoms with E-state index in [0.29, 0.717) is 21.6 Å².